The Morgan fingerprint density at radius 2 is 2.18 bits per heavy atom. The summed E-state index contributed by atoms with van der Waals surface area (Å²) in [5, 5.41) is 5.85. The van der Waals surface area contributed by atoms with Crippen LogP contribution in [-0.2, 0) is 16.1 Å². The number of para-hydroxylation sites is 1. The summed E-state index contributed by atoms with van der Waals surface area (Å²) in [5.74, 6) is 0.861. The van der Waals surface area contributed by atoms with Crippen LogP contribution in [0.2, 0.25) is 0 Å². The molecule has 1 aromatic carbocycles. The van der Waals surface area contributed by atoms with E-state index < -0.39 is 0 Å². The number of hydrogen-bond acceptors (Lipinski definition) is 3. The summed E-state index contributed by atoms with van der Waals surface area (Å²) < 4.78 is 10.9. The largest absolute Gasteiger partial charge is 0.380 e. The van der Waals surface area contributed by atoms with Crippen molar-refractivity contribution < 1.29 is 14.3 Å². The third kappa shape index (κ3) is 4.45. The minimum Gasteiger partial charge on any atom is -0.380 e. The normalized spacial score (nSPS) is 21.1. The van der Waals surface area contributed by atoms with Gasteiger partial charge in [-0.1, -0.05) is 32.0 Å². The molecule has 1 aliphatic rings. The quantitative estimate of drug-likeness (QED) is 0.849. The molecule has 1 aromatic rings. The van der Waals surface area contributed by atoms with E-state index in [-0.39, 0.29) is 12.1 Å². The number of hydrogen-bond donors (Lipinski definition) is 2. The van der Waals surface area contributed by atoms with Gasteiger partial charge in [0.15, 0.2) is 0 Å². The van der Waals surface area contributed by atoms with E-state index in [0.29, 0.717) is 25.0 Å². The van der Waals surface area contributed by atoms with Gasteiger partial charge in [-0.25, -0.2) is 4.79 Å². The fraction of sp³-hybridized carbons (Fsp3) is 0.588. The van der Waals surface area contributed by atoms with Crippen molar-refractivity contribution >= 4 is 11.7 Å². The van der Waals surface area contributed by atoms with Gasteiger partial charge >= 0.3 is 6.03 Å². The average molecular weight is 306 g/mol. The van der Waals surface area contributed by atoms with E-state index in [2.05, 4.69) is 24.5 Å². The van der Waals surface area contributed by atoms with Crippen molar-refractivity contribution in [2.24, 2.45) is 11.8 Å². The second kappa shape index (κ2) is 8.15. The number of methoxy groups -OCH3 is 1. The molecular formula is C17H26N2O3. The third-order valence-electron chi connectivity index (χ3n) is 4.01. The van der Waals surface area contributed by atoms with E-state index in [1.54, 1.807) is 7.11 Å². The van der Waals surface area contributed by atoms with Crippen molar-refractivity contribution in [3.8, 4) is 0 Å². The Morgan fingerprint density at radius 1 is 1.41 bits per heavy atom. The van der Waals surface area contributed by atoms with Crippen LogP contribution in [0, 0.1) is 11.8 Å². The van der Waals surface area contributed by atoms with E-state index in [1.807, 2.05) is 24.3 Å². The van der Waals surface area contributed by atoms with Crippen LogP contribution < -0.4 is 10.6 Å². The van der Waals surface area contributed by atoms with E-state index in [0.717, 1.165) is 24.3 Å². The molecule has 1 saturated heterocycles. The van der Waals surface area contributed by atoms with Crippen molar-refractivity contribution in [3.05, 3.63) is 29.8 Å². The molecule has 2 atom stereocenters. The molecule has 2 rings (SSSR count). The molecule has 2 amide bonds. The zero-order chi connectivity index (χ0) is 15.9. The number of rotatable bonds is 6. The maximum Gasteiger partial charge on any atom is 0.319 e. The van der Waals surface area contributed by atoms with E-state index in [1.165, 1.54) is 0 Å². The number of carbonyl (C=O) groups is 1. The summed E-state index contributed by atoms with van der Waals surface area (Å²) in [6.45, 7) is 6.21. The lowest BCUT2D eigenvalue weighted by molar-refractivity contribution is 0.0546. The van der Waals surface area contributed by atoms with Gasteiger partial charge in [0.25, 0.3) is 0 Å². The molecule has 0 radical (unpaired) electrons. The van der Waals surface area contributed by atoms with Gasteiger partial charge in [-0.2, -0.15) is 0 Å². The van der Waals surface area contributed by atoms with Gasteiger partial charge in [0.1, 0.15) is 0 Å². The van der Waals surface area contributed by atoms with Crippen LogP contribution in [0.3, 0.4) is 0 Å². The number of ether oxygens (including phenoxy) is 2. The summed E-state index contributed by atoms with van der Waals surface area (Å²) in [6.07, 6.45) is 1.24. The molecule has 0 spiro atoms. The van der Waals surface area contributed by atoms with Gasteiger partial charge in [0, 0.05) is 37.4 Å². The highest BCUT2D eigenvalue weighted by molar-refractivity contribution is 5.90. The molecule has 0 aromatic heterocycles. The molecule has 0 saturated carbocycles. The van der Waals surface area contributed by atoms with Crippen LogP contribution >= 0.6 is 0 Å². The third-order valence-corrected chi connectivity index (χ3v) is 4.01. The van der Waals surface area contributed by atoms with E-state index in [4.69, 9.17) is 9.47 Å². The predicted octanol–water partition coefficient (Wildman–Crippen LogP) is 3.02. The molecule has 1 fully saturated rings. The monoisotopic (exact) mass is 306 g/mol. The second-order valence-corrected chi connectivity index (χ2v) is 6.05. The summed E-state index contributed by atoms with van der Waals surface area (Å²) in [5.41, 5.74) is 1.74. The SMILES string of the molecule is COCc1ccccc1NC(=O)NC[C@H]1CCO[C@H]1C(C)C. The Labute approximate surface area is 132 Å². The minimum atomic E-state index is -0.182. The maximum absolute atomic E-state index is 12.1. The van der Waals surface area contributed by atoms with E-state index in [9.17, 15) is 4.79 Å². The minimum absolute atomic E-state index is 0.182. The fourth-order valence-electron chi connectivity index (χ4n) is 2.92. The van der Waals surface area contributed by atoms with Crippen LogP contribution in [-0.4, -0.2) is 32.4 Å². The standard InChI is InChI=1S/C17H26N2O3/c1-12(2)16-13(8-9-22-16)10-18-17(20)19-15-7-5-4-6-14(15)11-21-3/h4-7,12-13,16H,8-11H2,1-3H3,(H2,18,19,20)/t13-,16+/m1/s1. The van der Waals surface area contributed by atoms with Crippen molar-refractivity contribution in [1.29, 1.82) is 0 Å². The second-order valence-electron chi connectivity index (χ2n) is 6.05. The first kappa shape index (κ1) is 16.8. The molecule has 0 bridgehead atoms. The van der Waals surface area contributed by atoms with Crippen LogP contribution in [0.25, 0.3) is 0 Å². The fourth-order valence-corrected chi connectivity index (χ4v) is 2.92. The molecule has 1 aliphatic heterocycles. The molecule has 5 nitrogen and oxygen atoms in total. The molecule has 0 unspecified atom stereocenters. The molecule has 22 heavy (non-hydrogen) atoms. The Kier molecular flexibility index (Phi) is 6.21. The predicted molar refractivity (Wildman–Crippen MR) is 86.9 cm³/mol. The summed E-state index contributed by atoms with van der Waals surface area (Å²) in [7, 11) is 1.64. The lowest BCUT2D eigenvalue weighted by atomic mass is 9.93. The Balaban J connectivity index is 1.86. The average Bonchev–Trinajstić information content (AvgIpc) is 2.96. The first-order valence-electron chi connectivity index (χ1n) is 7.85. The van der Waals surface area contributed by atoms with Gasteiger partial charge in [-0.3, -0.25) is 0 Å². The van der Waals surface area contributed by atoms with Gasteiger partial charge in [-0.05, 0) is 18.4 Å². The number of nitrogens with one attached hydrogen (secondary N) is 2. The summed E-state index contributed by atoms with van der Waals surface area (Å²) >= 11 is 0. The molecule has 122 valence electrons. The maximum atomic E-state index is 12.1. The summed E-state index contributed by atoms with van der Waals surface area (Å²) in [6, 6.07) is 7.47. The van der Waals surface area contributed by atoms with Gasteiger partial charge in [0.2, 0.25) is 0 Å². The number of urea groups is 1. The van der Waals surface area contributed by atoms with Crippen LogP contribution in [0.15, 0.2) is 24.3 Å². The smallest absolute Gasteiger partial charge is 0.319 e. The van der Waals surface area contributed by atoms with Gasteiger partial charge < -0.3 is 20.1 Å². The lowest BCUT2D eigenvalue weighted by Gasteiger charge is -2.22. The highest BCUT2D eigenvalue weighted by Gasteiger charge is 2.30. The number of benzene rings is 1. The highest BCUT2D eigenvalue weighted by atomic mass is 16.5. The number of anilines is 1. The Bertz CT molecular complexity index is 491. The summed E-state index contributed by atoms with van der Waals surface area (Å²) in [4.78, 5) is 12.1. The molecule has 2 N–H and O–H groups in total. The molecular weight excluding hydrogens is 280 g/mol. The van der Waals surface area contributed by atoms with Crippen LogP contribution in [0.1, 0.15) is 25.8 Å². The highest BCUT2D eigenvalue weighted by Crippen LogP contribution is 2.26. The van der Waals surface area contributed by atoms with E-state index >= 15 is 0 Å². The van der Waals surface area contributed by atoms with Crippen molar-refractivity contribution in [3.63, 3.8) is 0 Å². The Hall–Kier alpha value is -1.59. The molecule has 1 heterocycles. The Morgan fingerprint density at radius 3 is 2.91 bits per heavy atom. The first-order chi connectivity index (χ1) is 10.6. The van der Waals surface area contributed by atoms with Crippen LogP contribution in [0.5, 0.6) is 0 Å². The number of carbonyl (C=O) groups excluding carboxylic acids is 1. The zero-order valence-electron chi connectivity index (χ0n) is 13.6. The van der Waals surface area contributed by atoms with Crippen LogP contribution in [0.4, 0.5) is 10.5 Å². The topological polar surface area (TPSA) is 59.6 Å². The van der Waals surface area contributed by atoms with Crippen molar-refractivity contribution in [2.45, 2.75) is 33.0 Å². The lowest BCUT2D eigenvalue weighted by Crippen LogP contribution is -2.37. The molecule has 5 heteroatoms. The van der Waals surface area contributed by atoms with Gasteiger partial charge in [0.05, 0.1) is 12.7 Å². The zero-order valence-corrected chi connectivity index (χ0v) is 13.6. The first-order valence-corrected chi connectivity index (χ1v) is 7.85. The van der Waals surface area contributed by atoms with Gasteiger partial charge in [-0.15, -0.1) is 0 Å². The van der Waals surface area contributed by atoms with Crippen molar-refractivity contribution in [2.75, 3.05) is 25.6 Å². The molecule has 0 aliphatic carbocycles. The van der Waals surface area contributed by atoms with Crippen molar-refractivity contribution in [1.82, 2.24) is 5.32 Å². The number of amides is 2.